The molecule has 1 atom stereocenters. The van der Waals surface area contributed by atoms with Crippen molar-refractivity contribution >= 4 is 22.6 Å². The minimum absolute atomic E-state index is 0.0835. The summed E-state index contributed by atoms with van der Waals surface area (Å²) in [5.74, 6) is 0. The minimum Gasteiger partial charge on any atom is -0.316 e. The number of aromatic amines is 2. The lowest BCUT2D eigenvalue weighted by molar-refractivity contribution is 0.884. The van der Waals surface area contributed by atoms with E-state index in [4.69, 9.17) is 11.6 Å². The van der Waals surface area contributed by atoms with E-state index in [1.807, 2.05) is 13.0 Å². The van der Waals surface area contributed by atoms with Crippen LogP contribution in [0.15, 0.2) is 27.8 Å². The number of nitrogens with one attached hydrogen (secondary N) is 2. The molecular formula is C11H11ClN2O2. The molecule has 16 heavy (non-hydrogen) atoms. The Morgan fingerprint density at radius 2 is 1.81 bits per heavy atom. The number of fused-ring (bicyclic) bond motifs is 1. The van der Waals surface area contributed by atoms with Gasteiger partial charge in [-0.2, -0.15) is 0 Å². The molecule has 1 aromatic carbocycles. The van der Waals surface area contributed by atoms with Gasteiger partial charge in [-0.3, -0.25) is 9.59 Å². The summed E-state index contributed by atoms with van der Waals surface area (Å²) in [4.78, 5) is 27.3. The van der Waals surface area contributed by atoms with Crippen molar-refractivity contribution in [1.82, 2.24) is 9.97 Å². The molecule has 4 nitrogen and oxygen atoms in total. The van der Waals surface area contributed by atoms with Crippen LogP contribution in [0.2, 0.25) is 0 Å². The smallest absolute Gasteiger partial charge is 0.314 e. The van der Waals surface area contributed by atoms with Crippen LogP contribution in [-0.2, 0) is 0 Å². The molecule has 0 aliphatic carbocycles. The summed E-state index contributed by atoms with van der Waals surface area (Å²) in [5, 5.41) is -0.0835. The number of hydrogen-bond donors (Lipinski definition) is 2. The van der Waals surface area contributed by atoms with Crippen molar-refractivity contribution in [2.75, 3.05) is 0 Å². The van der Waals surface area contributed by atoms with Crippen LogP contribution in [-0.4, -0.2) is 9.97 Å². The van der Waals surface area contributed by atoms with Gasteiger partial charge in [-0.15, -0.1) is 11.6 Å². The van der Waals surface area contributed by atoms with Crippen LogP contribution >= 0.6 is 11.6 Å². The first-order valence-electron chi connectivity index (χ1n) is 5.02. The zero-order valence-electron chi connectivity index (χ0n) is 8.71. The Balaban J connectivity index is 2.67. The van der Waals surface area contributed by atoms with Gasteiger partial charge < -0.3 is 9.97 Å². The Kier molecular flexibility index (Phi) is 2.83. The van der Waals surface area contributed by atoms with E-state index < -0.39 is 11.1 Å². The molecular weight excluding hydrogens is 228 g/mol. The molecule has 2 rings (SSSR count). The highest BCUT2D eigenvalue weighted by Crippen LogP contribution is 2.25. The average Bonchev–Trinajstić information content (AvgIpc) is 2.29. The number of alkyl halides is 1. The molecule has 0 bridgehead atoms. The predicted molar refractivity (Wildman–Crippen MR) is 64.1 cm³/mol. The van der Waals surface area contributed by atoms with Gasteiger partial charge >= 0.3 is 11.1 Å². The highest BCUT2D eigenvalue weighted by molar-refractivity contribution is 6.20. The first-order chi connectivity index (χ1) is 7.61. The van der Waals surface area contributed by atoms with E-state index in [1.54, 1.807) is 12.1 Å². The average molecular weight is 239 g/mol. The van der Waals surface area contributed by atoms with E-state index in [1.165, 1.54) is 0 Å². The maximum Gasteiger partial charge on any atom is 0.314 e. The van der Waals surface area contributed by atoms with Crippen LogP contribution in [0.1, 0.15) is 24.3 Å². The molecule has 1 unspecified atom stereocenters. The molecule has 0 saturated heterocycles. The van der Waals surface area contributed by atoms with Gasteiger partial charge in [0.2, 0.25) is 0 Å². The summed E-state index contributed by atoms with van der Waals surface area (Å²) in [6, 6.07) is 5.37. The fourth-order valence-electron chi connectivity index (χ4n) is 1.56. The molecule has 5 heteroatoms. The molecule has 0 aliphatic rings. The van der Waals surface area contributed by atoms with Crippen molar-refractivity contribution in [2.24, 2.45) is 0 Å². The monoisotopic (exact) mass is 238 g/mol. The van der Waals surface area contributed by atoms with Gasteiger partial charge in [-0.1, -0.05) is 13.0 Å². The number of hydrogen-bond acceptors (Lipinski definition) is 2. The standard InChI is InChI=1S/C11H11ClN2O2/c1-2-7(12)6-3-4-8-9(5-6)14-11(16)10(15)13-8/h3-5,7H,2H2,1H3,(H,13,15)(H,14,16). The van der Waals surface area contributed by atoms with Crippen molar-refractivity contribution in [3.8, 4) is 0 Å². The Hall–Kier alpha value is -1.55. The highest BCUT2D eigenvalue weighted by atomic mass is 35.5. The van der Waals surface area contributed by atoms with E-state index >= 15 is 0 Å². The Morgan fingerprint density at radius 3 is 2.44 bits per heavy atom. The fraction of sp³-hybridized carbons (Fsp3) is 0.273. The van der Waals surface area contributed by atoms with E-state index in [-0.39, 0.29) is 5.38 Å². The summed E-state index contributed by atoms with van der Waals surface area (Å²) in [5.41, 5.74) is 0.847. The lowest BCUT2D eigenvalue weighted by atomic mass is 10.1. The topological polar surface area (TPSA) is 65.7 Å². The van der Waals surface area contributed by atoms with Crippen molar-refractivity contribution in [2.45, 2.75) is 18.7 Å². The van der Waals surface area contributed by atoms with E-state index in [2.05, 4.69) is 9.97 Å². The van der Waals surface area contributed by atoms with Crippen LogP contribution in [0.4, 0.5) is 0 Å². The second kappa shape index (κ2) is 4.14. The van der Waals surface area contributed by atoms with Crippen LogP contribution in [0.3, 0.4) is 0 Å². The molecule has 0 amide bonds. The molecule has 2 N–H and O–H groups in total. The number of benzene rings is 1. The van der Waals surface area contributed by atoms with Crippen molar-refractivity contribution < 1.29 is 0 Å². The van der Waals surface area contributed by atoms with Gasteiger partial charge in [0.05, 0.1) is 16.4 Å². The number of rotatable bonds is 2. The number of aromatic nitrogens is 2. The van der Waals surface area contributed by atoms with Gasteiger partial charge in [0.15, 0.2) is 0 Å². The van der Waals surface area contributed by atoms with Crippen molar-refractivity contribution in [3.63, 3.8) is 0 Å². The number of halogens is 1. The molecule has 84 valence electrons. The van der Waals surface area contributed by atoms with Crippen LogP contribution in [0, 0.1) is 0 Å². The zero-order chi connectivity index (χ0) is 11.7. The summed E-state index contributed by atoms with van der Waals surface area (Å²) >= 11 is 6.10. The van der Waals surface area contributed by atoms with Gasteiger partial charge in [-0.25, -0.2) is 0 Å². The molecule has 0 radical (unpaired) electrons. The lowest BCUT2D eigenvalue weighted by Gasteiger charge is -2.07. The second-order valence-electron chi connectivity index (χ2n) is 3.59. The zero-order valence-corrected chi connectivity index (χ0v) is 9.47. The summed E-state index contributed by atoms with van der Waals surface area (Å²) in [6.07, 6.45) is 0.806. The van der Waals surface area contributed by atoms with Gasteiger partial charge in [0.1, 0.15) is 0 Å². The van der Waals surface area contributed by atoms with Crippen molar-refractivity contribution in [3.05, 3.63) is 44.5 Å². The van der Waals surface area contributed by atoms with Crippen LogP contribution < -0.4 is 11.1 Å². The SMILES string of the molecule is CCC(Cl)c1ccc2[nH]c(=O)c(=O)[nH]c2c1. The predicted octanol–water partition coefficient (Wildman–Crippen LogP) is 1.91. The Labute approximate surface area is 96.3 Å². The largest absolute Gasteiger partial charge is 0.316 e. The molecule has 1 heterocycles. The van der Waals surface area contributed by atoms with Gasteiger partial charge in [0, 0.05) is 0 Å². The van der Waals surface area contributed by atoms with E-state index in [0.717, 1.165) is 12.0 Å². The Bertz CT molecular complexity index is 630. The maximum atomic E-state index is 11.2. The molecule has 0 saturated carbocycles. The number of H-pyrrole nitrogens is 2. The van der Waals surface area contributed by atoms with Gasteiger partial charge in [-0.05, 0) is 24.1 Å². The fourth-order valence-corrected chi connectivity index (χ4v) is 1.70. The second-order valence-corrected chi connectivity index (χ2v) is 4.12. The minimum atomic E-state index is -0.646. The third kappa shape index (κ3) is 1.88. The first kappa shape index (κ1) is 11.0. The molecule has 0 spiro atoms. The van der Waals surface area contributed by atoms with Crippen LogP contribution in [0.25, 0.3) is 11.0 Å². The first-order valence-corrected chi connectivity index (χ1v) is 5.45. The molecule has 0 aliphatic heterocycles. The van der Waals surface area contributed by atoms with E-state index in [9.17, 15) is 9.59 Å². The lowest BCUT2D eigenvalue weighted by Crippen LogP contribution is -2.28. The maximum absolute atomic E-state index is 11.2. The molecule has 0 fully saturated rings. The van der Waals surface area contributed by atoms with Gasteiger partial charge in [0.25, 0.3) is 0 Å². The molecule has 2 aromatic rings. The Morgan fingerprint density at radius 1 is 1.19 bits per heavy atom. The summed E-state index contributed by atoms with van der Waals surface area (Å²) < 4.78 is 0. The third-order valence-corrected chi connectivity index (χ3v) is 3.03. The van der Waals surface area contributed by atoms with Crippen molar-refractivity contribution in [1.29, 1.82) is 0 Å². The molecule has 1 aromatic heterocycles. The summed E-state index contributed by atoms with van der Waals surface area (Å²) in [7, 11) is 0. The normalized spacial score (nSPS) is 12.9. The van der Waals surface area contributed by atoms with Crippen LogP contribution in [0.5, 0.6) is 0 Å². The van der Waals surface area contributed by atoms with E-state index in [0.29, 0.717) is 11.0 Å². The quantitative estimate of drug-likeness (QED) is 0.620. The highest BCUT2D eigenvalue weighted by Gasteiger charge is 2.07. The summed E-state index contributed by atoms with van der Waals surface area (Å²) in [6.45, 7) is 1.98. The third-order valence-electron chi connectivity index (χ3n) is 2.47.